The van der Waals surface area contributed by atoms with E-state index in [0.717, 1.165) is 5.57 Å². The average Bonchev–Trinajstić information content (AvgIpc) is 3.45. The molecule has 0 aromatic rings. The van der Waals surface area contributed by atoms with Gasteiger partial charge < -0.3 is 55.1 Å². The minimum atomic E-state index is -1.67. The van der Waals surface area contributed by atoms with E-state index in [-0.39, 0.29) is 38.2 Å². The third kappa shape index (κ3) is 3.99. The van der Waals surface area contributed by atoms with Gasteiger partial charge in [0.05, 0.1) is 47.6 Å². The molecule has 1 saturated heterocycles. The summed E-state index contributed by atoms with van der Waals surface area (Å²) in [6.45, 7) is 3.00. The van der Waals surface area contributed by atoms with Crippen LogP contribution in [0, 0.1) is 28.6 Å². The highest BCUT2D eigenvalue weighted by molar-refractivity contribution is 5.85. The molecule has 0 radical (unpaired) electrons. The Bertz CT molecular complexity index is 1080. The number of fused-ring (bicyclic) bond motifs is 5. The third-order valence-corrected chi connectivity index (χ3v) is 12.2. The number of carbonyl (C=O) groups excluding carboxylic acids is 1. The Morgan fingerprint density at radius 2 is 1.76 bits per heavy atom. The number of esters is 1. The Labute approximate surface area is 238 Å². The molecule has 41 heavy (non-hydrogen) atoms. The van der Waals surface area contributed by atoms with Crippen molar-refractivity contribution in [2.45, 2.75) is 119 Å². The minimum Gasteiger partial charge on any atom is -0.458 e. The van der Waals surface area contributed by atoms with Crippen molar-refractivity contribution in [3.05, 3.63) is 11.6 Å². The van der Waals surface area contributed by atoms with Crippen LogP contribution < -0.4 is 0 Å². The second-order valence-electron chi connectivity index (χ2n) is 13.8. The quantitative estimate of drug-likeness (QED) is 0.140. The number of aliphatic hydroxyl groups is 8. The lowest BCUT2D eigenvalue weighted by Crippen LogP contribution is -2.76. The molecule has 12 nitrogen and oxygen atoms in total. The van der Waals surface area contributed by atoms with E-state index in [1.807, 2.05) is 6.92 Å². The maximum atomic E-state index is 12.4. The zero-order chi connectivity index (χ0) is 29.7. The Kier molecular flexibility index (Phi) is 7.22. The zero-order valence-electron chi connectivity index (χ0n) is 23.5. The Balaban J connectivity index is 1.28. The zero-order valence-corrected chi connectivity index (χ0v) is 23.5. The molecule has 0 spiro atoms. The van der Waals surface area contributed by atoms with Crippen LogP contribution in [0.4, 0.5) is 0 Å². The summed E-state index contributed by atoms with van der Waals surface area (Å²) in [6.07, 6.45) is -6.68. The van der Waals surface area contributed by atoms with Gasteiger partial charge in [0.25, 0.3) is 0 Å². The third-order valence-electron chi connectivity index (χ3n) is 12.2. The van der Waals surface area contributed by atoms with Gasteiger partial charge in [-0.15, -0.1) is 0 Å². The lowest BCUT2D eigenvalue weighted by Gasteiger charge is -2.68. The normalized spacial score (nSPS) is 56.9. The Hall–Kier alpha value is -1.19. The molecular formula is C29H44O12. The maximum absolute atomic E-state index is 12.4. The molecule has 0 bridgehead atoms. The summed E-state index contributed by atoms with van der Waals surface area (Å²) in [5.41, 5.74) is -4.46. The van der Waals surface area contributed by atoms with E-state index < -0.39 is 95.5 Å². The van der Waals surface area contributed by atoms with E-state index in [4.69, 9.17) is 14.2 Å². The number of cyclic esters (lactones) is 1. The summed E-state index contributed by atoms with van der Waals surface area (Å²) in [6, 6.07) is 0. The number of ether oxygens (including phenoxy) is 3. The number of hydrogen-bond acceptors (Lipinski definition) is 12. The van der Waals surface area contributed by atoms with Gasteiger partial charge in [-0.05, 0) is 56.4 Å². The summed E-state index contributed by atoms with van der Waals surface area (Å²) < 4.78 is 16.7. The van der Waals surface area contributed by atoms with Crippen molar-refractivity contribution < 1.29 is 59.9 Å². The highest BCUT2D eigenvalue weighted by Gasteiger charge is 2.75. The van der Waals surface area contributed by atoms with Gasteiger partial charge in [0, 0.05) is 30.3 Å². The highest BCUT2D eigenvalue weighted by Crippen LogP contribution is 2.70. The SMILES string of the molecule is C[C@@H]1O[C@@H](OC2CC(O)C3(CO)C4C(CCC3(O)C2)C2(O)CCC(C3=CC(=O)OC3)C2(C)C[C@H]4O)[C@H](O)[C@H](O)[C@H]1O. The second-order valence-corrected chi connectivity index (χ2v) is 13.8. The Morgan fingerprint density at radius 3 is 2.41 bits per heavy atom. The van der Waals surface area contributed by atoms with Crippen LogP contribution >= 0.6 is 0 Å². The molecule has 232 valence electrons. The van der Waals surface area contributed by atoms with Crippen LogP contribution in [0.2, 0.25) is 0 Å². The first-order valence-electron chi connectivity index (χ1n) is 14.9. The lowest BCUT2D eigenvalue weighted by molar-refractivity contribution is -0.342. The van der Waals surface area contributed by atoms with Gasteiger partial charge in [0.1, 0.15) is 24.9 Å². The van der Waals surface area contributed by atoms with Crippen molar-refractivity contribution in [3.8, 4) is 0 Å². The van der Waals surface area contributed by atoms with Crippen LogP contribution in [-0.2, 0) is 19.0 Å². The summed E-state index contributed by atoms with van der Waals surface area (Å²) in [7, 11) is 0. The van der Waals surface area contributed by atoms with Crippen molar-refractivity contribution in [2.75, 3.05) is 13.2 Å². The summed E-state index contributed by atoms with van der Waals surface area (Å²) in [5.74, 6) is -1.93. The summed E-state index contributed by atoms with van der Waals surface area (Å²) in [4.78, 5) is 11.8. The Morgan fingerprint density at radius 1 is 1.02 bits per heavy atom. The van der Waals surface area contributed by atoms with Gasteiger partial charge in [0.2, 0.25) is 0 Å². The minimum absolute atomic E-state index is 0.0369. The van der Waals surface area contributed by atoms with E-state index in [2.05, 4.69) is 0 Å². The average molecular weight is 585 g/mol. The standard InChI is InChI=1S/C29H44O12/c1-13-22(34)23(35)24(36)25(40-13)41-15-8-19(32)28(12-30)21-17(3-5-27(28,37)9-15)29(38)6-4-16(14-7-20(33)39-11-14)26(29,2)10-18(21)31/h7,13,15-19,21-25,30-32,34-38H,3-6,8-12H2,1-2H3/t13-,15?,16?,17?,18+,19?,21?,22-,23+,24+,25-,26?,27?,28?,29?/m0/s1. The van der Waals surface area contributed by atoms with Crippen LogP contribution in [0.5, 0.6) is 0 Å². The van der Waals surface area contributed by atoms with Crippen LogP contribution in [-0.4, -0.2) is 120 Å². The first-order valence-corrected chi connectivity index (χ1v) is 14.9. The van der Waals surface area contributed by atoms with Gasteiger partial charge in [0.15, 0.2) is 6.29 Å². The summed E-state index contributed by atoms with van der Waals surface area (Å²) >= 11 is 0. The van der Waals surface area contributed by atoms with Gasteiger partial charge in [-0.25, -0.2) is 4.79 Å². The predicted molar refractivity (Wildman–Crippen MR) is 139 cm³/mol. The molecule has 0 aromatic carbocycles. The van der Waals surface area contributed by atoms with Crippen molar-refractivity contribution >= 4 is 5.97 Å². The molecule has 5 fully saturated rings. The monoisotopic (exact) mass is 584 g/mol. The molecule has 0 aromatic heterocycles. The van der Waals surface area contributed by atoms with Crippen molar-refractivity contribution in [1.29, 1.82) is 0 Å². The van der Waals surface area contributed by atoms with E-state index in [1.54, 1.807) is 0 Å². The van der Waals surface area contributed by atoms with Gasteiger partial charge >= 0.3 is 5.97 Å². The van der Waals surface area contributed by atoms with Crippen LogP contribution in [0.3, 0.4) is 0 Å². The fourth-order valence-corrected chi connectivity index (χ4v) is 10.1. The molecule has 12 heteroatoms. The molecule has 4 aliphatic carbocycles. The fourth-order valence-electron chi connectivity index (χ4n) is 10.1. The van der Waals surface area contributed by atoms with E-state index in [9.17, 15) is 45.6 Å². The second kappa shape index (κ2) is 9.91. The molecular weight excluding hydrogens is 540 g/mol. The summed E-state index contributed by atoms with van der Waals surface area (Å²) in [5, 5.41) is 89.6. The predicted octanol–water partition coefficient (Wildman–Crippen LogP) is -1.51. The topological polar surface area (TPSA) is 207 Å². The lowest BCUT2D eigenvalue weighted by atomic mass is 9.40. The number of carbonyl (C=O) groups is 1. The highest BCUT2D eigenvalue weighted by atomic mass is 16.7. The van der Waals surface area contributed by atoms with Crippen molar-refractivity contribution in [3.63, 3.8) is 0 Å². The van der Waals surface area contributed by atoms with E-state index in [1.165, 1.54) is 13.0 Å². The molecule has 8 N–H and O–H groups in total. The van der Waals surface area contributed by atoms with Gasteiger partial charge in [-0.2, -0.15) is 0 Å². The number of hydrogen-bond donors (Lipinski definition) is 8. The number of aliphatic hydroxyl groups excluding tert-OH is 6. The molecule has 6 rings (SSSR count). The fraction of sp³-hybridized carbons (Fsp3) is 0.897. The molecule has 9 unspecified atom stereocenters. The maximum Gasteiger partial charge on any atom is 0.331 e. The van der Waals surface area contributed by atoms with Crippen molar-refractivity contribution in [2.24, 2.45) is 28.6 Å². The molecule has 6 aliphatic rings. The number of rotatable bonds is 4. The molecule has 4 saturated carbocycles. The van der Waals surface area contributed by atoms with Gasteiger partial charge in [-0.3, -0.25) is 0 Å². The van der Waals surface area contributed by atoms with Crippen molar-refractivity contribution in [1.82, 2.24) is 0 Å². The van der Waals surface area contributed by atoms with Gasteiger partial charge in [-0.1, -0.05) is 6.92 Å². The first-order chi connectivity index (χ1) is 19.2. The largest absolute Gasteiger partial charge is 0.458 e. The van der Waals surface area contributed by atoms with Crippen LogP contribution in [0.1, 0.15) is 58.8 Å². The van der Waals surface area contributed by atoms with E-state index in [0.29, 0.717) is 19.3 Å². The molecule has 2 aliphatic heterocycles. The smallest absolute Gasteiger partial charge is 0.331 e. The first kappa shape index (κ1) is 29.9. The van der Waals surface area contributed by atoms with E-state index >= 15 is 0 Å². The van der Waals surface area contributed by atoms with Crippen LogP contribution in [0.15, 0.2) is 11.6 Å². The molecule has 15 atom stereocenters. The molecule has 0 amide bonds. The molecule has 2 heterocycles. The van der Waals surface area contributed by atoms with Crippen LogP contribution in [0.25, 0.3) is 0 Å².